The number of hydrogen-bond acceptors (Lipinski definition) is 2. The largest absolute Gasteiger partial charge is 0.304 e. The maximum absolute atomic E-state index is 2.38. The summed E-state index contributed by atoms with van der Waals surface area (Å²) in [7, 11) is 0. The van der Waals surface area contributed by atoms with Gasteiger partial charge in [-0.05, 0) is 39.3 Å². The van der Waals surface area contributed by atoms with Gasteiger partial charge in [-0.15, -0.1) is 0 Å². The van der Waals surface area contributed by atoms with Gasteiger partial charge in [0, 0.05) is 0 Å². The van der Waals surface area contributed by atoms with Gasteiger partial charge in [0.2, 0.25) is 0 Å². The van der Waals surface area contributed by atoms with Crippen LogP contribution >= 0.6 is 0 Å². The maximum atomic E-state index is 2.38. The van der Waals surface area contributed by atoms with Crippen LogP contribution < -0.4 is 0 Å². The Hall–Kier alpha value is -0.0800. The Morgan fingerprint density at radius 2 is 0.600 bits per heavy atom. The van der Waals surface area contributed by atoms with Crippen LogP contribution in [-0.2, 0) is 0 Å². The second-order valence-electron chi connectivity index (χ2n) is 4.95. The summed E-state index contributed by atoms with van der Waals surface area (Å²) in [6.45, 7) is 24.7. The standard InChI is InChI=1S/2C6H15N.C6H14/c2*1-4-7(5-2)6-3;1-3-5-6-4-2/h2*4-6H2,1-3H3;3-6H2,1-2H3. The molecule has 0 atom stereocenters. The first-order valence-electron chi connectivity index (χ1n) is 9.05. The third kappa shape index (κ3) is 23.0. The van der Waals surface area contributed by atoms with Gasteiger partial charge in [0.05, 0.1) is 0 Å². The maximum Gasteiger partial charge on any atom is -0.00474 e. The third-order valence-electron chi connectivity index (χ3n) is 3.64. The van der Waals surface area contributed by atoms with Crippen LogP contribution in [0.3, 0.4) is 0 Å². The molecule has 0 unspecified atom stereocenters. The molecule has 0 spiro atoms. The molecule has 0 amide bonds. The van der Waals surface area contributed by atoms with Gasteiger partial charge in [0.15, 0.2) is 0 Å². The highest BCUT2D eigenvalue weighted by atomic mass is 15.1. The normalized spacial score (nSPS) is 9.90. The van der Waals surface area contributed by atoms with Crippen molar-refractivity contribution >= 4 is 0 Å². The number of unbranched alkanes of at least 4 members (excludes halogenated alkanes) is 3. The predicted molar refractivity (Wildman–Crippen MR) is 96.7 cm³/mol. The summed E-state index contributed by atoms with van der Waals surface area (Å²) in [4.78, 5) is 4.75. The van der Waals surface area contributed by atoms with Crippen LogP contribution in [0, 0.1) is 0 Å². The van der Waals surface area contributed by atoms with Crippen LogP contribution in [0.15, 0.2) is 0 Å². The average molecular weight is 289 g/mol. The van der Waals surface area contributed by atoms with Gasteiger partial charge in [0.1, 0.15) is 0 Å². The van der Waals surface area contributed by atoms with Crippen LogP contribution in [0.25, 0.3) is 0 Å². The molecule has 0 aromatic carbocycles. The molecule has 0 aromatic rings. The zero-order valence-corrected chi connectivity index (χ0v) is 16.0. The van der Waals surface area contributed by atoms with Gasteiger partial charge >= 0.3 is 0 Å². The Balaban J connectivity index is -0.000000218. The molecule has 0 aromatic heterocycles. The van der Waals surface area contributed by atoms with E-state index in [4.69, 9.17) is 0 Å². The lowest BCUT2D eigenvalue weighted by Crippen LogP contribution is -2.21. The molecular formula is C18H44N2. The summed E-state index contributed by atoms with van der Waals surface area (Å²) < 4.78 is 0. The molecule has 0 rings (SSSR count). The second-order valence-corrected chi connectivity index (χ2v) is 4.95. The molecule has 0 fully saturated rings. The van der Waals surface area contributed by atoms with E-state index in [1.807, 2.05) is 0 Å². The lowest BCUT2D eigenvalue weighted by Gasteiger charge is -2.13. The summed E-state index contributed by atoms with van der Waals surface area (Å²) in [5, 5.41) is 0. The van der Waals surface area contributed by atoms with Crippen LogP contribution in [0.4, 0.5) is 0 Å². The molecule has 0 saturated carbocycles. The van der Waals surface area contributed by atoms with Crippen LogP contribution in [0.1, 0.15) is 81.1 Å². The highest BCUT2D eigenvalue weighted by molar-refractivity contribution is 4.44. The van der Waals surface area contributed by atoms with E-state index in [-0.39, 0.29) is 0 Å². The fraction of sp³-hybridized carbons (Fsp3) is 1.00. The first kappa shape index (κ1) is 24.9. The van der Waals surface area contributed by atoms with E-state index in [1.165, 1.54) is 65.0 Å². The number of hydrogen-bond donors (Lipinski definition) is 0. The molecule has 0 bridgehead atoms. The van der Waals surface area contributed by atoms with E-state index < -0.39 is 0 Å². The molecule has 0 saturated heterocycles. The molecule has 0 aliphatic rings. The van der Waals surface area contributed by atoms with Gasteiger partial charge in [-0.1, -0.05) is 81.1 Å². The number of nitrogens with zero attached hydrogens (tertiary/aromatic N) is 2. The van der Waals surface area contributed by atoms with Crippen molar-refractivity contribution in [2.24, 2.45) is 0 Å². The Morgan fingerprint density at radius 1 is 0.400 bits per heavy atom. The summed E-state index contributed by atoms with van der Waals surface area (Å²) in [5.41, 5.74) is 0. The highest BCUT2D eigenvalue weighted by Crippen LogP contribution is 1.95. The molecule has 0 aliphatic heterocycles. The molecule has 0 radical (unpaired) electrons. The van der Waals surface area contributed by atoms with Crippen molar-refractivity contribution in [1.82, 2.24) is 9.80 Å². The van der Waals surface area contributed by atoms with Crippen LogP contribution in [0.5, 0.6) is 0 Å². The molecule has 20 heavy (non-hydrogen) atoms. The van der Waals surface area contributed by atoms with Gasteiger partial charge in [-0.2, -0.15) is 0 Å². The monoisotopic (exact) mass is 288 g/mol. The van der Waals surface area contributed by atoms with Crippen molar-refractivity contribution in [2.45, 2.75) is 81.1 Å². The molecule has 0 heterocycles. The topological polar surface area (TPSA) is 6.48 Å². The lowest BCUT2D eigenvalue weighted by atomic mass is 10.2. The van der Waals surface area contributed by atoms with Crippen molar-refractivity contribution in [3.8, 4) is 0 Å². The minimum atomic E-state index is 1.19. The Kier molecular flexibility index (Phi) is 29.9. The van der Waals surface area contributed by atoms with Crippen LogP contribution in [-0.4, -0.2) is 49.1 Å². The summed E-state index contributed by atoms with van der Waals surface area (Å²) in [5.74, 6) is 0. The zero-order valence-electron chi connectivity index (χ0n) is 16.0. The van der Waals surface area contributed by atoms with Gasteiger partial charge in [-0.25, -0.2) is 0 Å². The summed E-state index contributed by atoms with van der Waals surface area (Å²) >= 11 is 0. The Morgan fingerprint density at radius 3 is 0.650 bits per heavy atom. The first-order valence-corrected chi connectivity index (χ1v) is 9.05. The van der Waals surface area contributed by atoms with E-state index in [9.17, 15) is 0 Å². The van der Waals surface area contributed by atoms with Gasteiger partial charge in [-0.3, -0.25) is 0 Å². The van der Waals surface area contributed by atoms with E-state index in [1.54, 1.807) is 0 Å². The van der Waals surface area contributed by atoms with E-state index in [0.29, 0.717) is 0 Å². The van der Waals surface area contributed by atoms with Crippen molar-refractivity contribution in [3.63, 3.8) is 0 Å². The van der Waals surface area contributed by atoms with E-state index in [2.05, 4.69) is 65.2 Å². The molecule has 126 valence electrons. The van der Waals surface area contributed by atoms with E-state index in [0.717, 1.165) is 0 Å². The Bertz CT molecular complexity index is 102. The average Bonchev–Trinajstić information content (AvgIpc) is 2.50. The van der Waals surface area contributed by atoms with Gasteiger partial charge in [0.25, 0.3) is 0 Å². The third-order valence-corrected chi connectivity index (χ3v) is 3.64. The Labute approximate surface area is 130 Å². The SMILES string of the molecule is CCCCCC.CCN(CC)CC.CCN(CC)CC. The highest BCUT2D eigenvalue weighted by Gasteiger charge is 1.89. The van der Waals surface area contributed by atoms with Gasteiger partial charge < -0.3 is 9.80 Å². The fourth-order valence-electron chi connectivity index (χ4n) is 1.84. The molecule has 2 nitrogen and oxygen atoms in total. The predicted octanol–water partition coefficient (Wildman–Crippen LogP) is 5.28. The van der Waals surface area contributed by atoms with E-state index >= 15 is 0 Å². The first-order chi connectivity index (χ1) is 9.61. The lowest BCUT2D eigenvalue weighted by molar-refractivity contribution is 0.321. The van der Waals surface area contributed by atoms with Crippen molar-refractivity contribution in [2.75, 3.05) is 39.3 Å². The summed E-state index contributed by atoms with van der Waals surface area (Å²) in [6.07, 6.45) is 5.54. The smallest absolute Gasteiger partial charge is 0.00474 e. The molecule has 0 aliphatic carbocycles. The molecule has 0 N–H and O–H groups in total. The zero-order chi connectivity index (χ0) is 16.2. The minimum Gasteiger partial charge on any atom is -0.304 e. The van der Waals surface area contributed by atoms with Crippen molar-refractivity contribution in [1.29, 1.82) is 0 Å². The minimum absolute atomic E-state index is 1.19. The van der Waals surface area contributed by atoms with Crippen molar-refractivity contribution < 1.29 is 0 Å². The molecular weight excluding hydrogens is 244 g/mol. The molecule has 2 heteroatoms. The fourth-order valence-corrected chi connectivity index (χ4v) is 1.84. The van der Waals surface area contributed by atoms with Crippen LogP contribution in [0.2, 0.25) is 0 Å². The number of rotatable bonds is 9. The summed E-state index contributed by atoms with van der Waals surface area (Å²) in [6, 6.07) is 0. The second kappa shape index (κ2) is 24.0. The quantitative estimate of drug-likeness (QED) is 0.532. The van der Waals surface area contributed by atoms with Crippen molar-refractivity contribution in [3.05, 3.63) is 0 Å².